The average molecular weight is 435 g/mol. The first kappa shape index (κ1) is 23.7. The number of carbonyl (C=O) groups is 2. The molecule has 2 rings (SSSR count). The Morgan fingerprint density at radius 3 is 2.29 bits per heavy atom. The Balaban J connectivity index is 2.05. The van der Waals surface area contributed by atoms with Gasteiger partial charge in [0.2, 0.25) is 5.75 Å². The molecule has 1 unspecified atom stereocenters. The quantitative estimate of drug-likeness (QED) is 0.289. The Bertz CT molecular complexity index is 928. The number of ether oxygens (including phenoxy) is 1. The van der Waals surface area contributed by atoms with Gasteiger partial charge in [0.15, 0.2) is 11.5 Å². The summed E-state index contributed by atoms with van der Waals surface area (Å²) in [5, 5.41) is 31.2. The van der Waals surface area contributed by atoms with Gasteiger partial charge in [-0.05, 0) is 44.5 Å². The number of carbonyl (C=O) groups excluding carboxylic acids is 2. The van der Waals surface area contributed by atoms with Crippen LogP contribution in [-0.2, 0) is 22.5 Å². The van der Waals surface area contributed by atoms with E-state index in [1.54, 1.807) is 20.8 Å². The lowest BCUT2D eigenvalue weighted by atomic mass is 10.1. The van der Waals surface area contributed by atoms with Crippen LogP contribution in [0.2, 0.25) is 0 Å². The van der Waals surface area contributed by atoms with Crippen molar-refractivity contribution in [1.82, 2.24) is 16.2 Å². The molecule has 2 aromatic carbocycles. The molecule has 1 atom stereocenters. The smallest absolute Gasteiger partial charge is 0.408 e. The van der Waals surface area contributed by atoms with E-state index in [4.69, 9.17) is 4.74 Å². The van der Waals surface area contributed by atoms with Gasteiger partial charge in [0, 0.05) is 18.5 Å². The number of phenolic OH excluding ortho intramolecular Hbond substituents is 3. The van der Waals surface area contributed by atoms with Crippen molar-refractivity contribution in [2.24, 2.45) is 0 Å². The molecule has 0 fully saturated rings. The molecular formula is C21H26FN3O6. The molecule has 0 bridgehead atoms. The maximum absolute atomic E-state index is 13.2. The summed E-state index contributed by atoms with van der Waals surface area (Å²) in [6.45, 7) is 4.97. The third-order valence-corrected chi connectivity index (χ3v) is 4.06. The number of phenols is 3. The van der Waals surface area contributed by atoms with Gasteiger partial charge < -0.3 is 25.4 Å². The number of hydrazine groups is 1. The number of hydrogen-bond acceptors (Lipinski definition) is 7. The molecule has 31 heavy (non-hydrogen) atoms. The fraction of sp³-hybridized carbons (Fsp3) is 0.333. The number of amides is 2. The maximum Gasteiger partial charge on any atom is 0.408 e. The maximum atomic E-state index is 13.2. The molecule has 0 saturated carbocycles. The fourth-order valence-corrected chi connectivity index (χ4v) is 2.58. The van der Waals surface area contributed by atoms with Gasteiger partial charge in [-0.3, -0.25) is 10.2 Å². The minimum Gasteiger partial charge on any atom is -0.504 e. The Hall–Kier alpha value is -3.53. The predicted octanol–water partition coefficient (Wildman–Crippen LogP) is 2.20. The van der Waals surface area contributed by atoms with Crippen LogP contribution >= 0.6 is 0 Å². The molecule has 0 heterocycles. The molecule has 9 nitrogen and oxygen atoms in total. The zero-order chi connectivity index (χ0) is 23.2. The predicted molar refractivity (Wildman–Crippen MR) is 110 cm³/mol. The molecule has 6 N–H and O–H groups in total. The van der Waals surface area contributed by atoms with E-state index in [2.05, 4.69) is 16.2 Å². The van der Waals surface area contributed by atoms with E-state index in [-0.39, 0.29) is 18.5 Å². The summed E-state index contributed by atoms with van der Waals surface area (Å²) < 4.78 is 18.4. The highest BCUT2D eigenvalue weighted by Gasteiger charge is 2.25. The molecule has 0 spiro atoms. The molecule has 2 aromatic rings. The molecule has 0 radical (unpaired) electrons. The van der Waals surface area contributed by atoms with Crippen LogP contribution in [-0.4, -0.2) is 39.0 Å². The van der Waals surface area contributed by atoms with E-state index in [9.17, 15) is 29.3 Å². The van der Waals surface area contributed by atoms with Crippen molar-refractivity contribution in [3.05, 3.63) is 53.3 Å². The van der Waals surface area contributed by atoms with Crippen molar-refractivity contribution in [2.45, 2.75) is 45.4 Å². The number of halogens is 1. The Morgan fingerprint density at radius 1 is 1.03 bits per heavy atom. The number of aromatic hydroxyl groups is 3. The van der Waals surface area contributed by atoms with Crippen LogP contribution in [0.25, 0.3) is 0 Å². The third-order valence-electron chi connectivity index (χ3n) is 4.06. The van der Waals surface area contributed by atoms with Gasteiger partial charge in [0.25, 0.3) is 5.91 Å². The summed E-state index contributed by atoms with van der Waals surface area (Å²) in [7, 11) is 0. The molecule has 168 valence electrons. The lowest BCUT2D eigenvalue weighted by molar-refractivity contribution is -0.124. The van der Waals surface area contributed by atoms with Crippen molar-refractivity contribution in [2.75, 3.05) is 0 Å². The second kappa shape index (κ2) is 9.98. The van der Waals surface area contributed by atoms with Crippen LogP contribution in [0.4, 0.5) is 9.18 Å². The second-order valence-corrected chi connectivity index (χ2v) is 7.81. The standard InChI is InChI=1S/C21H26FN3O6/c1-21(2,3)31-20(30)24-15(10-12-4-7-14(22)8-5-12)19(29)25-23-11-13-6-9-16(26)18(28)17(13)27/h4-9,15,23,26-28H,10-11H2,1-3H3,(H,24,30)(H,25,29). The van der Waals surface area contributed by atoms with E-state index >= 15 is 0 Å². The number of benzene rings is 2. The zero-order valence-corrected chi connectivity index (χ0v) is 17.4. The average Bonchev–Trinajstić information content (AvgIpc) is 2.67. The topological polar surface area (TPSA) is 140 Å². The minimum absolute atomic E-state index is 0.0677. The number of alkyl carbamates (subject to hydrolysis) is 1. The van der Waals surface area contributed by atoms with Gasteiger partial charge in [0.05, 0.1) is 0 Å². The lowest BCUT2D eigenvalue weighted by Crippen LogP contribution is -2.52. The Kier molecular flexibility index (Phi) is 7.65. The molecule has 0 aromatic heterocycles. The van der Waals surface area contributed by atoms with Crippen LogP contribution in [0, 0.1) is 5.82 Å². The SMILES string of the molecule is CC(C)(C)OC(=O)NC(Cc1ccc(F)cc1)C(=O)NNCc1ccc(O)c(O)c1O. The first-order chi connectivity index (χ1) is 14.5. The zero-order valence-electron chi connectivity index (χ0n) is 17.4. The van der Waals surface area contributed by atoms with Crippen molar-refractivity contribution < 1.29 is 34.0 Å². The Labute approximate surface area is 178 Å². The van der Waals surface area contributed by atoms with Gasteiger partial charge in [-0.2, -0.15) is 0 Å². The van der Waals surface area contributed by atoms with Crippen LogP contribution in [0.5, 0.6) is 17.2 Å². The van der Waals surface area contributed by atoms with Gasteiger partial charge >= 0.3 is 6.09 Å². The van der Waals surface area contributed by atoms with Crippen LogP contribution in [0.3, 0.4) is 0 Å². The largest absolute Gasteiger partial charge is 0.504 e. The second-order valence-electron chi connectivity index (χ2n) is 7.81. The van der Waals surface area contributed by atoms with E-state index in [1.807, 2.05) is 0 Å². The molecular weight excluding hydrogens is 409 g/mol. The van der Waals surface area contributed by atoms with Crippen molar-refractivity contribution in [3.63, 3.8) is 0 Å². The summed E-state index contributed by atoms with van der Waals surface area (Å²) in [6, 6.07) is 6.99. The van der Waals surface area contributed by atoms with Crippen molar-refractivity contribution in [1.29, 1.82) is 0 Å². The molecule has 0 saturated heterocycles. The van der Waals surface area contributed by atoms with Gasteiger partial charge in [-0.15, -0.1) is 0 Å². The summed E-state index contributed by atoms with van der Waals surface area (Å²) in [5.41, 5.74) is 5.04. The highest BCUT2D eigenvalue weighted by molar-refractivity contribution is 5.85. The van der Waals surface area contributed by atoms with Crippen LogP contribution in [0.15, 0.2) is 36.4 Å². The van der Waals surface area contributed by atoms with E-state index in [0.29, 0.717) is 5.56 Å². The number of rotatable bonds is 7. The van der Waals surface area contributed by atoms with E-state index in [1.165, 1.54) is 36.4 Å². The van der Waals surface area contributed by atoms with E-state index < -0.39 is 46.7 Å². The highest BCUT2D eigenvalue weighted by Crippen LogP contribution is 2.36. The monoisotopic (exact) mass is 435 g/mol. The summed E-state index contributed by atoms with van der Waals surface area (Å²) >= 11 is 0. The summed E-state index contributed by atoms with van der Waals surface area (Å²) in [4.78, 5) is 24.8. The molecule has 0 aliphatic rings. The molecule has 2 amide bonds. The van der Waals surface area contributed by atoms with Gasteiger partial charge in [-0.25, -0.2) is 14.6 Å². The fourth-order valence-electron chi connectivity index (χ4n) is 2.58. The Morgan fingerprint density at radius 2 is 1.68 bits per heavy atom. The normalized spacial score (nSPS) is 12.1. The summed E-state index contributed by atoms with van der Waals surface area (Å²) in [6.07, 6.45) is -0.728. The van der Waals surface area contributed by atoms with Crippen LogP contribution in [0.1, 0.15) is 31.9 Å². The van der Waals surface area contributed by atoms with Crippen LogP contribution < -0.4 is 16.2 Å². The minimum atomic E-state index is -1.05. The molecule has 0 aliphatic heterocycles. The van der Waals surface area contributed by atoms with Crippen molar-refractivity contribution >= 4 is 12.0 Å². The van der Waals surface area contributed by atoms with Gasteiger partial charge in [0.1, 0.15) is 17.5 Å². The lowest BCUT2D eigenvalue weighted by Gasteiger charge is -2.23. The third kappa shape index (κ3) is 7.34. The number of hydrogen-bond donors (Lipinski definition) is 6. The molecule has 0 aliphatic carbocycles. The first-order valence-corrected chi connectivity index (χ1v) is 9.45. The summed E-state index contributed by atoms with van der Waals surface area (Å²) in [5.74, 6) is -2.73. The van der Waals surface area contributed by atoms with Crippen molar-refractivity contribution in [3.8, 4) is 17.2 Å². The number of nitrogens with one attached hydrogen (secondary N) is 3. The highest BCUT2D eigenvalue weighted by atomic mass is 19.1. The molecule has 10 heteroatoms. The van der Waals surface area contributed by atoms with Gasteiger partial charge in [-0.1, -0.05) is 18.2 Å². The van der Waals surface area contributed by atoms with E-state index in [0.717, 1.165) is 0 Å². The first-order valence-electron chi connectivity index (χ1n) is 9.45.